The van der Waals surface area contributed by atoms with Gasteiger partial charge in [0, 0.05) is 51.2 Å². The standard InChI is InChI=1S/C17H23N5O2/c23-16(5-10-21-11-8-18-14-21)20-12-17(24)6-3-9-22(13-17)15-4-1-2-7-19-15/h1-2,4,7-8,11,14,24H,3,5-6,9-10,12-13H2,(H,20,23)/t17-/m1/s1. The van der Waals surface area contributed by atoms with Crippen molar-refractivity contribution < 1.29 is 9.90 Å². The maximum absolute atomic E-state index is 12.0. The van der Waals surface area contributed by atoms with Crippen molar-refractivity contribution in [3.63, 3.8) is 0 Å². The fourth-order valence-electron chi connectivity index (χ4n) is 2.99. The highest BCUT2D eigenvalue weighted by Crippen LogP contribution is 2.24. The van der Waals surface area contributed by atoms with E-state index >= 15 is 0 Å². The molecule has 7 nitrogen and oxygen atoms in total. The molecular weight excluding hydrogens is 306 g/mol. The van der Waals surface area contributed by atoms with Gasteiger partial charge in [-0.05, 0) is 25.0 Å². The van der Waals surface area contributed by atoms with E-state index < -0.39 is 5.60 Å². The number of aryl methyl sites for hydroxylation is 1. The number of carbonyl (C=O) groups is 1. The monoisotopic (exact) mass is 329 g/mol. The second-order valence-electron chi connectivity index (χ2n) is 6.26. The van der Waals surface area contributed by atoms with Gasteiger partial charge in [0.15, 0.2) is 0 Å². The van der Waals surface area contributed by atoms with Gasteiger partial charge in [0.05, 0.1) is 11.9 Å². The lowest BCUT2D eigenvalue weighted by molar-refractivity contribution is -0.122. The Hall–Kier alpha value is -2.41. The molecule has 2 aromatic rings. The summed E-state index contributed by atoms with van der Waals surface area (Å²) in [6.07, 6.45) is 8.88. The summed E-state index contributed by atoms with van der Waals surface area (Å²) in [7, 11) is 0. The van der Waals surface area contributed by atoms with Gasteiger partial charge in [-0.2, -0.15) is 0 Å². The lowest BCUT2D eigenvalue weighted by Gasteiger charge is -2.39. The number of nitrogens with zero attached hydrogens (tertiary/aromatic N) is 4. The normalized spacial score (nSPS) is 20.8. The van der Waals surface area contributed by atoms with Crippen molar-refractivity contribution in [1.29, 1.82) is 0 Å². The van der Waals surface area contributed by atoms with Gasteiger partial charge >= 0.3 is 0 Å². The van der Waals surface area contributed by atoms with E-state index in [1.54, 1.807) is 18.7 Å². The Labute approximate surface area is 141 Å². The highest BCUT2D eigenvalue weighted by atomic mass is 16.3. The molecule has 1 amide bonds. The Balaban J connectivity index is 1.49. The van der Waals surface area contributed by atoms with Crippen LogP contribution in [0.1, 0.15) is 19.3 Å². The van der Waals surface area contributed by atoms with Crippen LogP contribution in [0.15, 0.2) is 43.1 Å². The molecule has 1 atom stereocenters. The average molecular weight is 329 g/mol. The lowest BCUT2D eigenvalue weighted by Crippen LogP contribution is -2.54. The van der Waals surface area contributed by atoms with E-state index in [0.717, 1.165) is 18.8 Å². The second-order valence-corrected chi connectivity index (χ2v) is 6.26. The molecule has 1 aliphatic rings. The fraction of sp³-hybridized carbons (Fsp3) is 0.471. The fourth-order valence-corrected chi connectivity index (χ4v) is 2.99. The minimum atomic E-state index is -0.916. The molecule has 3 heterocycles. The Morgan fingerprint density at radius 3 is 3.04 bits per heavy atom. The first-order chi connectivity index (χ1) is 11.6. The number of β-amino-alcohol motifs (C(OH)–C–C–N with tert-alkyl or cyclic N) is 1. The number of imidazole rings is 1. The SMILES string of the molecule is O=C(CCn1ccnc1)NC[C@]1(O)CCCN(c2ccccn2)C1. The molecule has 2 N–H and O–H groups in total. The maximum atomic E-state index is 12.0. The highest BCUT2D eigenvalue weighted by molar-refractivity contribution is 5.75. The van der Waals surface area contributed by atoms with Crippen LogP contribution in [0.2, 0.25) is 0 Å². The predicted molar refractivity (Wildman–Crippen MR) is 90.5 cm³/mol. The van der Waals surface area contributed by atoms with Crippen molar-refractivity contribution in [2.45, 2.75) is 31.4 Å². The Morgan fingerprint density at radius 1 is 1.38 bits per heavy atom. The molecule has 2 aromatic heterocycles. The van der Waals surface area contributed by atoms with Gasteiger partial charge in [0.1, 0.15) is 5.82 Å². The zero-order chi connectivity index (χ0) is 16.8. The first kappa shape index (κ1) is 16.4. The summed E-state index contributed by atoms with van der Waals surface area (Å²) in [6, 6.07) is 5.75. The van der Waals surface area contributed by atoms with Crippen molar-refractivity contribution in [3.8, 4) is 0 Å². The van der Waals surface area contributed by atoms with E-state index in [4.69, 9.17) is 0 Å². The molecule has 24 heavy (non-hydrogen) atoms. The number of piperidine rings is 1. The number of rotatable bonds is 6. The Kier molecular flexibility index (Phi) is 5.10. The first-order valence-corrected chi connectivity index (χ1v) is 8.25. The van der Waals surface area contributed by atoms with E-state index in [1.165, 1.54) is 0 Å². The van der Waals surface area contributed by atoms with Gasteiger partial charge in [-0.1, -0.05) is 6.07 Å². The molecule has 1 aliphatic heterocycles. The average Bonchev–Trinajstić information content (AvgIpc) is 3.13. The Bertz CT molecular complexity index is 646. The van der Waals surface area contributed by atoms with Crippen LogP contribution >= 0.6 is 0 Å². The Morgan fingerprint density at radius 2 is 2.29 bits per heavy atom. The summed E-state index contributed by atoms with van der Waals surface area (Å²) in [6.45, 7) is 2.20. The van der Waals surface area contributed by atoms with Crippen molar-refractivity contribution in [2.24, 2.45) is 0 Å². The summed E-state index contributed by atoms with van der Waals surface area (Å²) < 4.78 is 1.86. The van der Waals surface area contributed by atoms with Crippen molar-refractivity contribution in [2.75, 3.05) is 24.5 Å². The number of hydrogen-bond donors (Lipinski definition) is 2. The molecule has 3 rings (SSSR count). The summed E-state index contributed by atoms with van der Waals surface area (Å²) in [5.41, 5.74) is -0.916. The predicted octanol–water partition coefficient (Wildman–Crippen LogP) is 0.816. The van der Waals surface area contributed by atoms with Gasteiger partial charge in [-0.25, -0.2) is 9.97 Å². The van der Waals surface area contributed by atoms with Crippen LogP contribution in [0.4, 0.5) is 5.82 Å². The minimum Gasteiger partial charge on any atom is -0.386 e. The number of nitrogens with one attached hydrogen (secondary N) is 1. The van der Waals surface area contributed by atoms with Crippen LogP contribution in [0.3, 0.4) is 0 Å². The number of carbonyl (C=O) groups excluding carboxylic acids is 1. The quantitative estimate of drug-likeness (QED) is 0.820. The zero-order valence-electron chi connectivity index (χ0n) is 13.6. The number of hydrogen-bond acceptors (Lipinski definition) is 5. The molecular formula is C17H23N5O2. The van der Waals surface area contributed by atoms with Crippen molar-refractivity contribution in [3.05, 3.63) is 43.1 Å². The van der Waals surface area contributed by atoms with Gasteiger partial charge in [0.25, 0.3) is 0 Å². The molecule has 7 heteroatoms. The molecule has 0 bridgehead atoms. The number of amides is 1. The molecule has 0 radical (unpaired) electrons. The number of anilines is 1. The third-order valence-electron chi connectivity index (χ3n) is 4.30. The topological polar surface area (TPSA) is 83.3 Å². The smallest absolute Gasteiger partial charge is 0.221 e. The van der Waals surface area contributed by atoms with Crippen molar-refractivity contribution in [1.82, 2.24) is 19.9 Å². The molecule has 0 unspecified atom stereocenters. The minimum absolute atomic E-state index is 0.0629. The van der Waals surface area contributed by atoms with Crippen LogP contribution in [-0.2, 0) is 11.3 Å². The van der Waals surface area contributed by atoms with E-state index in [9.17, 15) is 9.90 Å². The third-order valence-corrected chi connectivity index (χ3v) is 4.30. The third kappa shape index (κ3) is 4.32. The summed E-state index contributed by atoms with van der Waals surface area (Å²) in [4.78, 5) is 22.4. The largest absolute Gasteiger partial charge is 0.386 e. The maximum Gasteiger partial charge on any atom is 0.221 e. The van der Waals surface area contributed by atoms with Crippen LogP contribution in [0, 0.1) is 0 Å². The van der Waals surface area contributed by atoms with Crippen LogP contribution in [-0.4, -0.2) is 50.8 Å². The van der Waals surface area contributed by atoms with E-state index in [0.29, 0.717) is 25.9 Å². The van der Waals surface area contributed by atoms with E-state index in [1.807, 2.05) is 29.0 Å². The second kappa shape index (κ2) is 7.44. The number of aliphatic hydroxyl groups is 1. The number of aromatic nitrogens is 3. The zero-order valence-corrected chi connectivity index (χ0v) is 13.6. The lowest BCUT2D eigenvalue weighted by atomic mass is 9.92. The van der Waals surface area contributed by atoms with Crippen LogP contribution in [0.5, 0.6) is 0 Å². The van der Waals surface area contributed by atoms with E-state index in [-0.39, 0.29) is 12.5 Å². The van der Waals surface area contributed by atoms with Gasteiger partial charge in [-0.3, -0.25) is 4.79 Å². The van der Waals surface area contributed by atoms with Crippen LogP contribution < -0.4 is 10.2 Å². The van der Waals surface area contributed by atoms with E-state index in [2.05, 4.69) is 20.2 Å². The summed E-state index contributed by atoms with van der Waals surface area (Å²) >= 11 is 0. The molecule has 1 fully saturated rings. The molecule has 0 aromatic carbocycles. The molecule has 128 valence electrons. The van der Waals surface area contributed by atoms with Gasteiger partial charge in [-0.15, -0.1) is 0 Å². The molecule has 0 saturated carbocycles. The van der Waals surface area contributed by atoms with Crippen LogP contribution in [0.25, 0.3) is 0 Å². The summed E-state index contributed by atoms with van der Waals surface area (Å²) in [5.74, 6) is 0.800. The molecule has 1 saturated heterocycles. The number of pyridine rings is 1. The van der Waals surface area contributed by atoms with Gasteiger partial charge < -0.3 is 19.9 Å². The van der Waals surface area contributed by atoms with Gasteiger partial charge in [0.2, 0.25) is 5.91 Å². The summed E-state index contributed by atoms with van der Waals surface area (Å²) in [5, 5.41) is 13.7. The first-order valence-electron chi connectivity index (χ1n) is 8.25. The highest BCUT2D eigenvalue weighted by Gasteiger charge is 2.34. The molecule has 0 spiro atoms. The molecule has 0 aliphatic carbocycles. The van der Waals surface area contributed by atoms with Crippen molar-refractivity contribution >= 4 is 11.7 Å².